The summed E-state index contributed by atoms with van der Waals surface area (Å²) in [5.74, 6) is 0.524. The van der Waals surface area contributed by atoms with Crippen molar-refractivity contribution < 1.29 is 28.5 Å². The average Bonchev–Trinajstić information content (AvgIpc) is 3.22. The van der Waals surface area contributed by atoms with Crippen molar-refractivity contribution in [2.45, 2.75) is 18.6 Å². The highest BCUT2D eigenvalue weighted by molar-refractivity contribution is 5.99. The molecule has 0 aliphatic carbocycles. The van der Waals surface area contributed by atoms with Gasteiger partial charge in [-0.1, -0.05) is 18.2 Å². The summed E-state index contributed by atoms with van der Waals surface area (Å²) < 4.78 is 21.4. The number of benzene rings is 1. The van der Waals surface area contributed by atoms with Crippen molar-refractivity contribution in [1.82, 2.24) is 15.2 Å². The molecule has 2 aromatic rings. The lowest BCUT2D eigenvalue weighted by Crippen LogP contribution is -2.46. The number of nitrogens with zero attached hydrogens (tertiary/aromatic N) is 2. The van der Waals surface area contributed by atoms with Gasteiger partial charge >= 0.3 is 0 Å². The van der Waals surface area contributed by atoms with E-state index in [9.17, 15) is 9.59 Å². The standard InChI is InChI=1S/C22H27N3O6/c1-28-12-11-23-20(26)18-13-16(31-15-7-5-4-6-8-15)14-25(18)22(27)17-9-10-19(29-2)24-21(17)30-3/h4-10,16,18H,11-14H2,1-3H3,(H,23,26). The van der Waals surface area contributed by atoms with E-state index in [1.165, 1.54) is 19.1 Å². The third-order valence-electron chi connectivity index (χ3n) is 4.95. The summed E-state index contributed by atoms with van der Waals surface area (Å²) in [5.41, 5.74) is 0.248. The minimum atomic E-state index is -0.690. The molecule has 2 atom stereocenters. The minimum Gasteiger partial charge on any atom is -0.488 e. The summed E-state index contributed by atoms with van der Waals surface area (Å²) in [4.78, 5) is 31.9. The smallest absolute Gasteiger partial charge is 0.260 e. The number of ether oxygens (including phenoxy) is 4. The van der Waals surface area contributed by atoms with Crippen molar-refractivity contribution in [2.24, 2.45) is 0 Å². The zero-order chi connectivity index (χ0) is 22.2. The molecule has 1 N–H and O–H groups in total. The van der Waals surface area contributed by atoms with Crippen molar-refractivity contribution in [3.05, 3.63) is 48.0 Å². The first kappa shape index (κ1) is 22.4. The van der Waals surface area contributed by atoms with E-state index in [4.69, 9.17) is 18.9 Å². The van der Waals surface area contributed by atoms with E-state index in [0.717, 1.165) is 0 Å². The van der Waals surface area contributed by atoms with Crippen LogP contribution in [0.2, 0.25) is 0 Å². The van der Waals surface area contributed by atoms with Gasteiger partial charge in [-0.2, -0.15) is 4.98 Å². The summed E-state index contributed by atoms with van der Waals surface area (Å²) in [5, 5.41) is 2.81. The van der Waals surface area contributed by atoms with Crippen molar-refractivity contribution >= 4 is 11.8 Å². The van der Waals surface area contributed by atoms with Crippen LogP contribution in [0.3, 0.4) is 0 Å². The highest BCUT2D eigenvalue weighted by atomic mass is 16.5. The molecule has 9 nitrogen and oxygen atoms in total. The molecule has 1 aromatic heterocycles. The number of carbonyl (C=O) groups excluding carboxylic acids is 2. The Hall–Kier alpha value is -3.33. The lowest BCUT2D eigenvalue weighted by molar-refractivity contribution is -0.125. The second kappa shape index (κ2) is 10.6. The Morgan fingerprint density at radius 2 is 1.87 bits per heavy atom. The number of carbonyl (C=O) groups is 2. The summed E-state index contributed by atoms with van der Waals surface area (Å²) in [6.07, 6.45) is 0.0347. The maximum absolute atomic E-state index is 13.4. The molecular formula is C22H27N3O6. The molecule has 1 saturated heterocycles. The number of para-hydroxylation sites is 1. The summed E-state index contributed by atoms with van der Waals surface area (Å²) in [7, 11) is 4.47. The molecule has 1 aliphatic heterocycles. The van der Waals surface area contributed by atoms with Gasteiger partial charge < -0.3 is 29.2 Å². The maximum Gasteiger partial charge on any atom is 0.260 e. The minimum absolute atomic E-state index is 0.135. The number of rotatable bonds is 9. The number of amides is 2. The van der Waals surface area contributed by atoms with Crippen LogP contribution in [0, 0.1) is 0 Å². The topological polar surface area (TPSA) is 99.2 Å². The lowest BCUT2D eigenvalue weighted by atomic mass is 10.1. The molecule has 2 heterocycles. The van der Waals surface area contributed by atoms with Gasteiger partial charge in [0.05, 0.1) is 27.4 Å². The molecule has 0 spiro atoms. The van der Waals surface area contributed by atoms with Crippen LogP contribution in [-0.2, 0) is 9.53 Å². The molecule has 0 radical (unpaired) electrons. The van der Waals surface area contributed by atoms with Crippen LogP contribution in [0.5, 0.6) is 17.5 Å². The maximum atomic E-state index is 13.4. The molecule has 1 fully saturated rings. The molecule has 0 bridgehead atoms. The number of nitrogens with one attached hydrogen (secondary N) is 1. The first-order valence-electron chi connectivity index (χ1n) is 9.95. The van der Waals surface area contributed by atoms with Crippen molar-refractivity contribution in [3.63, 3.8) is 0 Å². The van der Waals surface area contributed by atoms with Crippen LogP contribution in [0.25, 0.3) is 0 Å². The van der Waals surface area contributed by atoms with E-state index in [1.54, 1.807) is 19.2 Å². The fourth-order valence-electron chi connectivity index (χ4n) is 3.45. The SMILES string of the molecule is COCCNC(=O)C1CC(Oc2ccccc2)CN1C(=O)c1ccc(OC)nc1OC. The quantitative estimate of drug-likeness (QED) is 0.604. The summed E-state index contributed by atoms with van der Waals surface area (Å²) in [6.45, 7) is 0.989. The van der Waals surface area contributed by atoms with Gasteiger partial charge in [0.25, 0.3) is 5.91 Å². The number of hydrogen-bond donors (Lipinski definition) is 1. The number of methoxy groups -OCH3 is 3. The van der Waals surface area contributed by atoms with Crippen molar-refractivity contribution in [3.8, 4) is 17.5 Å². The Kier molecular flexibility index (Phi) is 7.66. The van der Waals surface area contributed by atoms with E-state index in [1.807, 2.05) is 30.3 Å². The van der Waals surface area contributed by atoms with E-state index < -0.39 is 6.04 Å². The predicted molar refractivity (Wildman–Crippen MR) is 113 cm³/mol. The van der Waals surface area contributed by atoms with Crippen LogP contribution in [0.4, 0.5) is 0 Å². The fraction of sp³-hybridized carbons (Fsp3) is 0.409. The molecule has 31 heavy (non-hydrogen) atoms. The lowest BCUT2D eigenvalue weighted by Gasteiger charge is -2.24. The van der Waals surface area contributed by atoms with E-state index in [0.29, 0.717) is 31.2 Å². The highest BCUT2D eigenvalue weighted by Gasteiger charge is 2.41. The zero-order valence-electron chi connectivity index (χ0n) is 17.9. The van der Waals surface area contributed by atoms with Gasteiger partial charge in [0.15, 0.2) is 0 Å². The Labute approximate surface area is 181 Å². The van der Waals surface area contributed by atoms with Gasteiger partial charge in [-0.25, -0.2) is 0 Å². The van der Waals surface area contributed by atoms with Gasteiger partial charge in [-0.05, 0) is 18.2 Å². The van der Waals surface area contributed by atoms with Crippen LogP contribution in [0.1, 0.15) is 16.8 Å². The molecular weight excluding hydrogens is 402 g/mol. The zero-order valence-corrected chi connectivity index (χ0v) is 17.9. The molecule has 3 rings (SSSR count). The largest absolute Gasteiger partial charge is 0.488 e. The number of hydrogen-bond acceptors (Lipinski definition) is 7. The van der Waals surface area contributed by atoms with Gasteiger partial charge in [0.1, 0.15) is 23.5 Å². The second-order valence-corrected chi connectivity index (χ2v) is 6.96. The molecule has 2 amide bonds. The summed E-state index contributed by atoms with van der Waals surface area (Å²) >= 11 is 0. The molecule has 166 valence electrons. The van der Waals surface area contributed by atoms with Crippen LogP contribution >= 0.6 is 0 Å². The molecule has 0 saturated carbocycles. The fourth-order valence-corrected chi connectivity index (χ4v) is 3.45. The van der Waals surface area contributed by atoms with Gasteiger partial charge in [0.2, 0.25) is 17.7 Å². The summed E-state index contributed by atoms with van der Waals surface area (Å²) in [6, 6.07) is 11.8. The first-order chi connectivity index (χ1) is 15.1. The third kappa shape index (κ3) is 5.43. The molecule has 1 aromatic carbocycles. The third-order valence-corrected chi connectivity index (χ3v) is 4.95. The van der Waals surface area contributed by atoms with E-state index in [-0.39, 0.29) is 35.9 Å². The van der Waals surface area contributed by atoms with Crippen LogP contribution in [0.15, 0.2) is 42.5 Å². The second-order valence-electron chi connectivity index (χ2n) is 6.96. The number of pyridine rings is 1. The van der Waals surface area contributed by atoms with Gasteiger partial charge in [-0.3, -0.25) is 9.59 Å². The highest BCUT2D eigenvalue weighted by Crippen LogP contribution is 2.28. The van der Waals surface area contributed by atoms with Crippen molar-refractivity contribution in [1.29, 1.82) is 0 Å². The van der Waals surface area contributed by atoms with Gasteiger partial charge in [0, 0.05) is 26.1 Å². The van der Waals surface area contributed by atoms with Gasteiger partial charge in [-0.15, -0.1) is 0 Å². The Morgan fingerprint density at radius 3 is 2.55 bits per heavy atom. The average molecular weight is 429 g/mol. The Bertz CT molecular complexity index is 892. The van der Waals surface area contributed by atoms with E-state index in [2.05, 4.69) is 10.3 Å². The van der Waals surface area contributed by atoms with Crippen LogP contribution in [-0.4, -0.2) is 74.9 Å². The van der Waals surface area contributed by atoms with E-state index >= 15 is 0 Å². The van der Waals surface area contributed by atoms with Crippen LogP contribution < -0.4 is 19.5 Å². The predicted octanol–water partition coefficient (Wildman–Crippen LogP) is 1.52. The molecule has 9 heteroatoms. The first-order valence-corrected chi connectivity index (χ1v) is 9.95. The van der Waals surface area contributed by atoms with Crippen molar-refractivity contribution in [2.75, 3.05) is 41.0 Å². The Morgan fingerprint density at radius 1 is 1.10 bits per heavy atom. The monoisotopic (exact) mass is 429 g/mol. The molecule has 2 unspecified atom stereocenters. The molecule has 1 aliphatic rings. The Balaban J connectivity index is 1.83. The number of aromatic nitrogens is 1. The number of likely N-dealkylation sites (tertiary alicyclic amines) is 1. The normalized spacial score (nSPS) is 17.8.